The predicted octanol–water partition coefficient (Wildman–Crippen LogP) is 3.75. The molecule has 1 aliphatic rings. The molecule has 1 unspecified atom stereocenters. The molecule has 0 saturated heterocycles. The highest BCUT2D eigenvalue weighted by Gasteiger charge is 2.23. The molecule has 1 amide bonds. The van der Waals surface area contributed by atoms with Gasteiger partial charge in [0.1, 0.15) is 12.4 Å². The van der Waals surface area contributed by atoms with Crippen LogP contribution in [0.3, 0.4) is 0 Å². The molecule has 1 aliphatic carbocycles. The quantitative estimate of drug-likeness (QED) is 0.568. The summed E-state index contributed by atoms with van der Waals surface area (Å²) >= 11 is 0. The van der Waals surface area contributed by atoms with E-state index < -0.39 is 12.1 Å². The summed E-state index contributed by atoms with van der Waals surface area (Å²) in [6.07, 6.45) is 3.97. The summed E-state index contributed by atoms with van der Waals surface area (Å²) in [5.41, 5.74) is 0.868. The van der Waals surface area contributed by atoms with Crippen LogP contribution in [-0.2, 0) is 20.7 Å². The standard InChI is InChI=1S/C22H33NO6/c1-3-27-20(21(24)25)15-17-9-11-19(12-10-17)29-14-13-23(22(26)28-4-2)16-18-7-5-6-8-18/h9-12,18,20H,3-8,13-16H2,1-2H3,(H,24,25). The minimum Gasteiger partial charge on any atom is -0.492 e. The molecule has 7 heteroatoms. The van der Waals surface area contributed by atoms with Crippen molar-refractivity contribution in [1.82, 2.24) is 4.90 Å². The van der Waals surface area contributed by atoms with E-state index in [9.17, 15) is 14.7 Å². The fourth-order valence-electron chi connectivity index (χ4n) is 3.60. The SMILES string of the molecule is CCOC(=O)N(CCOc1ccc(CC(OCC)C(=O)O)cc1)CC1CCCC1. The van der Waals surface area contributed by atoms with E-state index >= 15 is 0 Å². The maximum absolute atomic E-state index is 12.2. The number of rotatable bonds is 12. The molecular weight excluding hydrogens is 374 g/mol. The van der Waals surface area contributed by atoms with Gasteiger partial charge in [-0.2, -0.15) is 0 Å². The molecule has 0 bridgehead atoms. The lowest BCUT2D eigenvalue weighted by Gasteiger charge is -2.25. The highest BCUT2D eigenvalue weighted by atomic mass is 16.6. The third kappa shape index (κ3) is 7.93. The van der Waals surface area contributed by atoms with E-state index in [1.165, 1.54) is 12.8 Å². The van der Waals surface area contributed by atoms with Crippen LogP contribution in [0, 0.1) is 5.92 Å². The molecule has 0 radical (unpaired) electrons. The molecule has 0 aliphatic heterocycles. The average Bonchev–Trinajstić information content (AvgIpc) is 3.21. The zero-order chi connectivity index (χ0) is 21.1. The van der Waals surface area contributed by atoms with E-state index in [-0.39, 0.29) is 6.09 Å². The van der Waals surface area contributed by atoms with Crippen molar-refractivity contribution in [3.8, 4) is 5.75 Å². The first kappa shape index (κ1) is 23.0. The molecule has 0 spiro atoms. The predicted molar refractivity (Wildman–Crippen MR) is 109 cm³/mol. The zero-order valence-corrected chi connectivity index (χ0v) is 17.5. The largest absolute Gasteiger partial charge is 0.492 e. The Labute approximate surface area is 172 Å². The van der Waals surface area contributed by atoms with Crippen molar-refractivity contribution < 1.29 is 28.9 Å². The summed E-state index contributed by atoms with van der Waals surface area (Å²) in [5.74, 6) is 0.265. The molecule has 29 heavy (non-hydrogen) atoms. The number of carbonyl (C=O) groups excluding carboxylic acids is 1. The zero-order valence-electron chi connectivity index (χ0n) is 17.5. The van der Waals surface area contributed by atoms with Gasteiger partial charge in [-0.05, 0) is 50.3 Å². The van der Waals surface area contributed by atoms with Gasteiger partial charge >= 0.3 is 12.1 Å². The van der Waals surface area contributed by atoms with E-state index in [1.54, 1.807) is 11.8 Å². The van der Waals surface area contributed by atoms with Crippen LogP contribution in [0.15, 0.2) is 24.3 Å². The van der Waals surface area contributed by atoms with Gasteiger partial charge < -0.3 is 24.2 Å². The molecule has 1 fully saturated rings. The van der Waals surface area contributed by atoms with Crippen LogP contribution in [0.4, 0.5) is 4.79 Å². The Hall–Kier alpha value is -2.28. The van der Waals surface area contributed by atoms with Gasteiger partial charge in [0.25, 0.3) is 0 Å². The fraction of sp³-hybridized carbons (Fsp3) is 0.636. The number of hydrogen-bond donors (Lipinski definition) is 1. The van der Waals surface area contributed by atoms with Crippen LogP contribution in [-0.4, -0.2) is 61.1 Å². The minimum absolute atomic E-state index is 0.283. The van der Waals surface area contributed by atoms with E-state index in [0.29, 0.717) is 44.5 Å². The monoisotopic (exact) mass is 407 g/mol. The van der Waals surface area contributed by atoms with Crippen molar-refractivity contribution in [2.45, 2.75) is 52.1 Å². The van der Waals surface area contributed by atoms with Gasteiger partial charge in [-0.3, -0.25) is 0 Å². The van der Waals surface area contributed by atoms with Gasteiger partial charge in [-0.25, -0.2) is 9.59 Å². The number of carboxylic acids is 1. The second kappa shape index (κ2) is 12.3. The molecule has 7 nitrogen and oxygen atoms in total. The number of ether oxygens (including phenoxy) is 3. The number of carboxylic acid groups (broad SMARTS) is 1. The van der Waals surface area contributed by atoms with Crippen LogP contribution >= 0.6 is 0 Å². The molecule has 1 atom stereocenters. The molecule has 1 N–H and O–H groups in total. The normalized spacial score (nSPS) is 15.1. The molecule has 1 aromatic carbocycles. The van der Waals surface area contributed by atoms with E-state index in [0.717, 1.165) is 24.9 Å². The molecule has 162 valence electrons. The fourth-order valence-corrected chi connectivity index (χ4v) is 3.60. The Morgan fingerprint density at radius 3 is 2.41 bits per heavy atom. The van der Waals surface area contributed by atoms with Gasteiger partial charge in [0.15, 0.2) is 6.10 Å². The molecule has 0 aromatic heterocycles. The van der Waals surface area contributed by atoms with Crippen molar-refractivity contribution >= 4 is 12.1 Å². The molecular formula is C22H33NO6. The molecule has 1 aromatic rings. The molecule has 0 heterocycles. The first-order valence-corrected chi connectivity index (χ1v) is 10.5. The highest BCUT2D eigenvalue weighted by molar-refractivity contribution is 5.72. The molecule has 2 rings (SSSR count). The van der Waals surface area contributed by atoms with Crippen molar-refractivity contribution in [1.29, 1.82) is 0 Å². The summed E-state index contributed by atoms with van der Waals surface area (Å²) in [4.78, 5) is 25.2. The first-order chi connectivity index (χ1) is 14.0. The number of benzene rings is 1. The Morgan fingerprint density at radius 2 is 1.83 bits per heavy atom. The van der Waals surface area contributed by atoms with Crippen LogP contribution in [0.2, 0.25) is 0 Å². The van der Waals surface area contributed by atoms with Gasteiger partial charge in [0.2, 0.25) is 0 Å². The lowest BCUT2D eigenvalue weighted by atomic mass is 10.1. The van der Waals surface area contributed by atoms with E-state index in [1.807, 2.05) is 31.2 Å². The average molecular weight is 408 g/mol. The summed E-state index contributed by atoms with van der Waals surface area (Å²) in [6.45, 7) is 5.87. The number of aliphatic carboxylic acids is 1. The Kier molecular flexibility index (Phi) is 9.77. The van der Waals surface area contributed by atoms with Crippen LogP contribution in [0.5, 0.6) is 5.75 Å². The molecule has 1 saturated carbocycles. The Bertz CT molecular complexity index is 627. The topological polar surface area (TPSA) is 85.3 Å². The second-order valence-corrected chi connectivity index (χ2v) is 7.27. The Morgan fingerprint density at radius 1 is 1.14 bits per heavy atom. The van der Waals surface area contributed by atoms with Gasteiger partial charge in [-0.1, -0.05) is 25.0 Å². The summed E-state index contributed by atoms with van der Waals surface area (Å²) in [7, 11) is 0. The van der Waals surface area contributed by atoms with Crippen molar-refractivity contribution in [2.24, 2.45) is 5.92 Å². The number of hydrogen-bond acceptors (Lipinski definition) is 5. The second-order valence-electron chi connectivity index (χ2n) is 7.27. The van der Waals surface area contributed by atoms with Crippen LogP contribution < -0.4 is 4.74 Å². The number of carbonyl (C=O) groups is 2. The van der Waals surface area contributed by atoms with Gasteiger partial charge in [0.05, 0.1) is 13.2 Å². The lowest BCUT2D eigenvalue weighted by Crippen LogP contribution is -2.38. The van der Waals surface area contributed by atoms with Gasteiger partial charge in [0, 0.05) is 19.6 Å². The van der Waals surface area contributed by atoms with Crippen molar-refractivity contribution in [2.75, 3.05) is 32.9 Å². The van der Waals surface area contributed by atoms with Gasteiger partial charge in [-0.15, -0.1) is 0 Å². The van der Waals surface area contributed by atoms with E-state index in [2.05, 4.69) is 0 Å². The van der Waals surface area contributed by atoms with Crippen LogP contribution in [0.25, 0.3) is 0 Å². The maximum atomic E-state index is 12.2. The third-order valence-electron chi connectivity index (χ3n) is 5.10. The van der Waals surface area contributed by atoms with Crippen molar-refractivity contribution in [3.05, 3.63) is 29.8 Å². The van der Waals surface area contributed by atoms with E-state index in [4.69, 9.17) is 14.2 Å². The van der Waals surface area contributed by atoms with Crippen LogP contribution in [0.1, 0.15) is 45.1 Å². The highest BCUT2D eigenvalue weighted by Crippen LogP contribution is 2.25. The smallest absolute Gasteiger partial charge is 0.409 e. The summed E-state index contributed by atoms with van der Waals surface area (Å²) in [5, 5.41) is 9.18. The Balaban J connectivity index is 1.83. The first-order valence-electron chi connectivity index (χ1n) is 10.5. The maximum Gasteiger partial charge on any atom is 0.409 e. The number of amides is 1. The summed E-state index contributed by atoms with van der Waals surface area (Å²) in [6, 6.07) is 7.30. The minimum atomic E-state index is -0.964. The third-order valence-corrected chi connectivity index (χ3v) is 5.10. The van der Waals surface area contributed by atoms with Crippen molar-refractivity contribution in [3.63, 3.8) is 0 Å². The summed E-state index contributed by atoms with van der Waals surface area (Å²) < 4.78 is 16.2. The lowest BCUT2D eigenvalue weighted by molar-refractivity contribution is -0.149. The number of nitrogens with zero attached hydrogens (tertiary/aromatic N) is 1.